The molecule has 0 saturated heterocycles. The third-order valence-electron chi connectivity index (χ3n) is 2.98. The van der Waals surface area contributed by atoms with Gasteiger partial charge < -0.3 is 0 Å². The van der Waals surface area contributed by atoms with E-state index in [1.807, 2.05) is 0 Å². The van der Waals surface area contributed by atoms with Gasteiger partial charge in [-0.2, -0.15) is 0 Å². The maximum Gasteiger partial charge on any atom is 0.0351 e. The smallest absolute Gasteiger partial charge is 0.0351 e. The van der Waals surface area contributed by atoms with Gasteiger partial charge in [-0.25, -0.2) is 0 Å². The van der Waals surface area contributed by atoms with Crippen LogP contribution in [0.5, 0.6) is 0 Å². The molecule has 1 aromatic carbocycles. The maximum atomic E-state index is 5.86. The molecule has 17 heavy (non-hydrogen) atoms. The van der Waals surface area contributed by atoms with Gasteiger partial charge in [-0.1, -0.05) is 56.5 Å². The molecule has 0 heterocycles. The summed E-state index contributed by atoms with van der Waals surface area (Å²) in [5.41, 5.74) is 1.38. The van der Waals surface area contributed by atoms with Crippen molar-refractivity contribution in [3.8, 4) is 0 Å². The molecule has 0 aromatic heterocycles. The zero-order chi connectivity index (χ0) is 12.3. The van der Waals surface area contributed by atoms with E-state index in [1.54, 1.807) is 0 Å². The Hall–Kier alpha value is -0.530. The van der Waals surface area contributed by atoms with E-state index in [4.69, 9.17) is 11.6 Å². The molecular formula is C15H24ClN. The normalized spacial score (nSPS) is 11.0. The van der Waals surface area contributed by atoms with E-state index in [2.05, 4.69) is 42.2 Å². The topological polar surface area (TPSA) is 3.24 Å². The Labute approximate surface area is 111 Å². The van der Waals surface area contributed by atoms with E-state index >= 15 is 0 Å². The zero-order valence-corrected chi connectivity index (χ0v) is 11.6. The molecule has 96 valence electrons. The fourth-order valence-corrected chi connectivity index (χ4v) is 2.23. The molecule has 0 unspecified atom stereocenters. The summed E-state index contributed by atoms with van der Waals surface area (Å²) in [6.45, 7) is 5.43. The average Bonchev–Trinajstić information content (AvgIpc) is 2.36. The molecule has 0 radical (unpaired) electrons. The molecule has 0 N–H and O–H groups in total. The van der Waals surface area contributed by atoms with Gasteiger partial charge in [-0.15, -0.1) is 11.6 Å². The Kier molecular flexibility index (Phi) is 8.12. The van der Waals surface area contributed by atoms with E-state index in [0.29, 0.717) is 0 Å². The largest absolute Gasteiger partial charge is 0.298 e. The third kappa shape index (κ3) is 6.70. The van der Waals surface area contributed by atoms with E-state index in [0.717, 1.165) is 19.0 Å². The molecule has 0 amide bonds. The second kappa shape index (κ2) is 9.49. The highest BCUT2D eigenvalue weighted by Crippen LogP contribution is 2.07. The van der Waals surface area contributed by atoms with Crippen LogP contribution in [0, 0.1) is 0 Å². The average molecular weight is 254 g/mol. The van der Waals surface area contributed by atoms with Crippen LogP contribution >= 0.6 is 11.6 Å². The summed E-state index contributed by atoms with van der Waals surface area (Å²) in [5.74, 6) is 0.723. The number of hydrogen-bond donors (Lipinski definition) is 0. The number of alkyl halides is 1. The Bertz CT molecular complexity index is 274. The summed E-state index contributed by atoms with van der Waals surface area (Å²) >= 11 is 5.86. The monoisotopic (exact) mass is 253 g/mol. The van der Waals surface area contributed by atoms with Crippen molar-refractivity contribution in [2.24, 2.45) is 0 Å². The highest BCUT2D eigenvalue weighted by Gasteiger charge is 2.04. The predicted molar refractivity (Wildman–Crippen MR) is 76.6 cm³/mol. The highest BCUT2D eigenvalue weighted by atomic mass is 35.5. The van der Waals surface area contributed by atoms with Crippen molar-refractivity contribution in [2.75, 3.05) is 19.0 Å². The fourth-order valence-electron chi connectivity index (χ4n) is 1.99. The molecule has 1 rings (SSSR count). The van der Waals surface area contributed by atoms with Crippen molar-refractivity contribution in [2.45, 2.75) is 39.2 Å². The van der Waals surface area contributed by atoms with Gasteiger partial charge in [0, 0.05) is 19.0 Å². The van der Waals surface area contributed by atoms with Crippen LogP contribution in [-0.4, -0.2) is 23.9 Å². The lowest BCUT2D eigenvalue weighted by atomic mass is 10.1. The van der Waals surface area contributed by atoms with Gasteiger partial charge in [-0.05, 0) is 18.5 Å². The molecule has 1 aromatic rings. The van der Waals surface area contributed by atoms with Crippen LogP contribution in [-0.2, 0) is 6.54 Å². The summed E-state index contributed by atoms with van der Waals surface area (Å²) in [4.78, 5) is 2.46. The molecule has 2 heteroatoms. The van der Waals surface area contributed by atoms with Gasteiger partial charge >= 0.3 is 0 Å². The van der Waals surface area contributed by atoms with Crippen molar-refractivity contribution in [1.29, 1.82) is 0 Å². The minimum absolute atomic E-state index is 0.723. The number of unbranched alkanes of at least 4 members (excludes halogenated alkanes) is 3. The van der Waals surface area contributed by atoms with Crippen molar-refractivity contribution >= 4 is 11.6 Å². The Balaban J connectivity index is 2.32. The molecule has 0 bridgehead atoms. The van der Waals surface area contributed by atoms with Crippen molar-refractivity contribution in [3.05, 3.63) is 35.9 Å². The van der Waals surface area contributed by atoms with Gasteiger partial charge in [0.2, 0.25) is 0 Å². The molecule has 0 aliphatic carbocycles. The Morgan fingerprint density at radius 3 is 2.41 bits per heavy atom. The third-order valence-corrected chi connectivity index (χ3v) is 3.15. The summed E-state index contributed by atoms with van der Waals surface area (Å²) in [7, 11) is 0. The number of halogens is 1. The molecule has 0 fully saturated rings. The number of nitrogens with zero attached hydrogens (tertiary/aromatic N) is 1. The Morgan fingerprint density at radius 2 is 1.76 bits per heavy atom. The van der Waals surface area contributed by atoms with Gasteiger partial charge in [0.05, 0.1) is 0 Å². The highest BCUT2D eigenvalue weighted by molar-refractivity contribution is 6.18. The molecular weight excluding hydrogens is 230 g/mol. The molecule has 1 nitrogen and oxygen atoms in total. The summed E-state index contributed by atoms with van der Waals surface area (Å²) in [6, 6.07) is 10.6. The first-order chi connectivity index (χ1) is 8.36. The molecule has 0 aliphatic rings. The maximum absolute atomic E-state index is 5.86. The lowest BCUT2D eigenvalue weighted by Gasteiger charge is -2.21. The van der Waals surface area contributed by atoms with Crippen LogP contribution in [0.1, 0.15) is 38.2 Å². The Morgan fingerprint density at radius 1 is 1.00 bits per heavy atom. The van der Waals surface area contributed by atoms with Crippen LogP contribution in [0.2, 0.25) is 0 Å². The van der Waals surface area contributed by atoms with Gasteiger partial charge in [0.15, 0.2) is 0 Å². The van der Waals surface area contributed by atoms with Crippen molar-refractivity contribution < 1.29 is 0 Å². The number of benzene rings is 1. The zero-order valence-electron chi connectivity index (χ0n) is 10.9. The first-order valence-electron chi connectivity index (χ1n) is 6.69. The van der Waals surface area contributed by atoms with Gasteiger partial charge in [-0.3, -0.25) is 4.90 Å². The fraction of sp³-hybridized carbons (Fsp3) is 0.600. The second-order valence-electron chi connectivity index (χ2n) is 4.51. The summed E-state index contributed by atoms with van der Waals surface area (Å²) in [6.07, 6.45) is 5.27. The second-order valence-corrected chi connectivity index (χ2v) is 4.89. The standard InChI is InChI=1S/C15H24ClN/c1-2-3-4-8-12-17(13-11-16)14-15-9-6-5-7-10-15/h5-7,9-10H,2-4,8,11-14H2,1H3. The molecule has 0 atom stereocenters. The van der Waals surface area contributed by atoms with Gasteiger partial charge in [0.1, 0.15) is 0 Å². The predicted octanol–water partition coefficient (Wildman–Crippen LogP) is 4.31. The minimum Gasteiger partial charge on any atom is -0.298 e. The van der Waals surface area contributed by atoms with Crippen LogP contribution in [0.25, 0.3) is 0 Å². The lowest BCUT2D eigenvalue weighted by molar-refractivity contribution is 0.274. The van der Waals surface area contributed by atoms with E-state index in [1.165, 1.54) is 37.8 Å². The minimum atomic E-state index is 0.723. The first kappa shape index (κ1) is 14.5. The summed E-state index contributed by atoms with van der Waals surface area (Å²) in [5, 5.41) is 0. The number of rotatable bonds is 9. The molecule has 0 saturated carbocycles. The van der Waals surface area contributed by atoms with E-state index in [-0.39, 0.29) is 0 Å². The van der Waals surface area contributed by atoms with Crippen LogP contribution < -0.4 is 0 Å². The number of hydrogen-bond acceptors (Lipinski definition) is 1. The van der Waals surface area contributed by atoms with Crippen molar-refractivity contribution in [3.63, 3.8) is 0 Å². The van der Waals surface area contributed by atoms with E-state index < -0.39 is 0 Å². The quantitative estimate of drug-likeness (QED) is 0.468. The van der Waals surface area contributed by atoms with Crippen molar-refractivity contribution in [1.82, 2.24) is 4.90 Å². The van der Waals surface area contributed by atoms with Crippen LogP contribution in [0.15, 0.2) is 30.3 Å². The SMILES string of the molecule is CCCCCCN(CCCl)Cc1ccccc1. The first-order valence-corrected chi connectivity index (χ1v) is 7.22. The molecule has 0 aliphatic heterocycles. The summed E-state index contributed by atoms with van der Waals surface area (Å²) < 4.78 is 0. The van der Waals surface area contributed by atoms with Crippen LogP contribution in [0.3, 0.4) is 0 Å². The van der Waals surface area contributed by atoms with Crippen LogP contribution in [0.4, 0.5) is 0 Å². The van der Waals surface area contributed by atoms with Gasteiger partial charge in [0.25, 0.3) is 0 Å². The molecule has 0 spiro atoms. The van der Waals surface area contributed by atoms with E-state index in [9.17, 15) is 0 Å². The lowest BCUT2D eigenvalue weighted by Crippen LogP contribution is -2.26.